The van der Waals surface area contributed by atoms with Gasteiger partial charge in [-0.25, -0.2) is 4.79 Å². The van der Waals surface area contributed by atoms with Gasteiger partial charge in [-0.3, -0.25) is 0 Å². The smallest absolute Gasteiger partial charge is 0.338 e. The van der Waals surface area contributed by atoms with Crippen molar-refractivity contribution in [2.45, 2.75) is 37.7 Å². The Morgan fingerprint density at radius 1 is 1.15 bits per heavy atom. The maximum absolute atomic E-state index is 11.8. The summed E-state index contributed by atoms with van der Waals surface area (Å²) < 4.78 is 11.5. The average Bonchev–Trinajstić information content (AvgIpc) is 2.46. The van der Waals surface area contributed by atoms with Crippen LogP contribution in [0.3, 0.4) is 0 Å². The molecule has 1 saturated carbocycles. The van der Waals surface area contributed by atoms with Gasteiger partial charge in [-0.1, -0.05) is 22.4 Å². The molecule has 2 rings (SSSR count). The van der Waals surface area contributed by atoms with Gasteiger partial charge in [0.15, 0.2) is 5.60 Å². The molecule has 1 aliphatic carbocycles. The molecule has 0 saturated heterocycles. The Hall–Kier alpha value is -1.07. The van der Waals surface area contributed by atoms with Crippen LogP contribution in [0.5, 0.6) is 5.75 Å². The summed E-state index contributed by atoms with van der Waals surface area (Å²) in [5, 5.41) is 10.2. The Bertz CT molecular complexity index is 438. The van der Waals surface area contributed by atoms with Crippen LogP contribution < -0.4 is 4.74 Å². The van der Waals surface area contributed by atoms with E-state index in [1.165, 1.54) is 0 Å². The number of esters is 1. The number of benzene rings is 1. The Balaban J connectivity index is 1.70. The lowest BCUT2D eigenvalue weighted by atomic mass is 9.85. The summed E-state index contributed by atoms with van der Waals surface area (Å²) in [5.41, 5.74) is -1.28. The molecule has 1 aromatic rings. The zero-order chi connectivity index (χ0) is 14.4. The van der Waals surface area contributed by atoms with Crippen LogP contribution in [0.2, 0.25) is 0 Å². The van der Waals surface area contributed by atoms with Crippen molar-refractivity contribution in [1.29, 1.82) is 0 Å². The number of rotatable bonds is 5. The lowest BCUT2D eigenvalue weighted by Crippen LogP contribution is -2.42. The SMILES string of the molecule is O=C(OCCOc1ccc(Br)cc1)C1(O)CCCCC1. The number of halogens is 1. The van der Waals surface area contributed by atoms with Crippen LogP contribution in [0, 0.1) is 0 Å². The van der Waals surface area contributed by atoms with Crippen molar-refractivity contribution in [2.24, 2.45) is 0 Å². The van der Waals surface area contributed by atoms with Crippen molar-refractivity contribution >= 4 is 21.9 Å². The van der Waals surface area contributed by atoms with Crippen LogP contribution in [0.15, 0.2) is 28.7 Å². The molecule has 1 fully saturated rings. The maximum Gasteiger partial charge on any atom is 0.338 e. The largest absolute Gasteiger partial charge is 0.490 e. The molecule has 0 amide bonds. The Kier molecular flexibility index (Phi) is 5.43. The van der Waals surface area contributed by atoms with Crippen molar-refractivity contribution in [3.63, 3.8) is 0 Å². The molecular weight excluding hydrogens is 324 g/mol. The fraction of sp³-hybridized carbons (Fsp3) is 0.533. The summed E-state index contributed by atoms with van der Waals surface area (Å²) in [5.74, 6) is 0.206. The molecule has 20 heavy (non-hydrogen) atoms. The summed E-state index contributed by atoms with van der Waals surface area (Å²) in [4.78, 5) is 11.8. The normalized spacial score (nSPS) is 17.5. The fourth-order valence-corrected chi connectivity index (χ4v) is 2.56. The Labute approximate surface area is 127 Å². The van der Waals surface area contributed by atoms with E-state index in [1.54, 1.807) is 0 Å². The third-order valence-corrected chi connectivity index (χ3v) is 3.99. The molecule has 110 valence electrons. The van der Waals surface area contributed by atoms with Crippen LogP contribution in [0.4, 0.5) is 0 Å². The minimum atomic E-state index is -1.28. The van der Waals surface area contributed by atoms with Crippen LogP contribution in [0.25, 0.3) is 0 Å². The van der Waals surface area contributed by atoms with Crippen molar-refractivity contribution in [2.75, 3.05) is 13.2 Å². The number of carbonyl (C=O) groups is 1. The highest BCUT2D eigenvalue weighted by atomic mass is 79.9. The first-order valence-electron chi connectivity index (χ1n) is 6.88. The highest BCUT2D eigenvalue weighted by Gasteiger charge is 2.38. The van der Waals surface area contributed by atoms with E-state index in [0.717, 1.165) is 29.5 Å². The van der Waals surface area contributed by atoms with Crippen molar-refractivity contribution in [1.82, 2.24) is 0 Å². The van der Waals surface area contributed by atoms with Gasteiger partial charge in [-0.05, 0) is 49.9 Å². The van der Waals surface area contributed by atoms with Crippen molar-refractivity contribution in [3.8, 4) is 5.75 Å². The quantitative estimate of drug-likeness (QED) is 0.659. The summed E-state index contributed by atoms with van der Waals surface area (Å²) >= 11 is 3.34. The zero-order valence-corrected chi connectivity index (χ0v) is 12.9. The fourth-order valence-electron chi connectivity index (χ4n) is 2.30. The molecule has 0 heterocycles. The van der Waals surface area contributed by atoms with Gasteiger partial charge in [-0.15, -0.1) is 0 Å². The first-order chi connectivity index (χ1) is 9.60. The molecular formula is C15H19BrO4. The van der Waals surface area contributed by atoms with Crippen LogP contribution >= 0.6 is 15.9 Å². The minimum absolute atomic E-state index is 0.150. The number of aliphatic hydroxyl groups is 1. The van der Waals surface area contributed by atoms with Gasteiger partial charge in [0.05, 0.1) is 0 Å². The van der Waals surface area contributed by atoms with E-state index in [-0.39, 0.29) is 13.2 Å². The van der Waals surface area contributed by atoms with E-state index >= 15 is 0 Å². The van der Waals surface area contributed by atoms with Gasteiger partial charge in [0.2, 0.25) is 0 Å². The maximum atomic E-state index is 11.8. The first kappa shape index (κ1) is 15.3. The van der Waals surface area contributed by atoms with Gasteiger partial charge in [0, 0.05) is 4.47 Å². The highest BCUT2D eigenvalue weighted by Crippen LogP contribution is 2.29. The standard InChI is InChI=1S/C15H19BrO4/c16-12-4-6-13(7-5-12)19-10-11-20-14(17)15(18)8-2-1-3-9-15/h4-7,18H,1-3,8-11H2. The van der Waals surface area contributed by atoms with E-state index < -0.39 is 11.6 Å². The molecule has 1 aromatic carbocycles. The number of ether oxygens (including phenoxy) is 2. The lowest BCUT2D eigenvalue weighted by molar-refractivity contribution is -0.169. The third-order valence-electron chi connectivity index (χ3n) is 3.46. The zero-order valence-electron chi connectivity index (χ0n) is 11.3. The van der Waals surface area contributed by atoms with Gasteiger partial charge in [-0.2, -0.15) is 0 Å². The number of carbonyl (C=O) groups excluding carboxylic acids is 1. The van der Waals surface area contributed by atoms with Gasteiger partial charge < -0.3 is 14.6 Å². The molecule has 5 heteroatoms. The topological polar surface area (TPSA) is 55.8 Å². The van der Waals surface area contributed by atoms with E-state index in [0.29, 0.717) is 12.8 Å². The Morgan fingerprint density at radius 2 is 1.80 bits per heavy atom. The molecule has 4 nitrogen and oxygen atoms in total. The summed E-state index contributed by atoms with van der Waals surface area (Å²) in [6.45, 7) is 0.431. The van der Waals surface area contributed by atoms with E-state index in [1.807, 2.05) is 24.3 Å². The van der Waals surface area contributed by atoms with Gasteiger partial charge >= 0.3 is 5.97 Å². The lowest BCUT2D eigenvalue weighted by Gasteiger charge is -2.29. The van der Waals surface area contributed by atoms with E-state index in [4.69, 9.17) is 9.47 Å². The molecule has 1 aliphatic rings. The molecule has 0 radical (unpaired) electrons. The molecule has 0 unspecified atom stereocenters. The second-order valence-corrected chi connectivity index (χ2v) is 5.95. The second kappa shape index (κ2) is 7.09. The van der Waals surface area contributed by atoms with Crippen LogP contribution in [-0.2, 0) is 9.53 Å². The van der Waals surface area contributed by atoms with Crippen LogP contribution in [0.1, 0.15) is 32.1 Å². The molecule has 0 atom stereocenters. The molecule has 1 N–H and O–H groups in total. The monoisotopic (exact) mass is 342 g/mol. The number of hydrogen-bond donors (Lipinski definition) is 1. The predicted octanol–water partition coefficient (Wildman–Crippen LogP) is 3.07. The average molecular weight is 343 g/mol. The van der Waals surface area contributed by atoms with Crippen LogP contribution in [-0.4, -0.2) is 29.9 Å². The molecule has 0 spiro atoms. The third kappa shape index (κ3) is 4.21. The predicted molar refractivity (Wildman–Crippen MR) is 78.6 cm³/mol. The number of hydrogen-bond acceptors (Lipinski definition) is 4. The molecule has 0 aliphatic heterocycles. The summed E-state index contributed by atoms with van der Waals surface area (Å²) in [6, 6.07) is 7.43. The Morgan fingerprint density at radius 3 is 2.45 bits per heavy atom. The molecule has 0 aromatic heterocycles. The van der Waals surface area contributed by atoms with Crippen molar-refractivity contribution in [3.05, 3.63) is 28.7 Å². The second-order valence-electron chi connectivity index (χ2n) is 5.03. The van der Waals surface area contributed by atoms with E-state index in [2.05, 4.69) is 15.9 Å². The molecule has 0 bridgehead atoms. The highest BCUT2D eigenvalue weighted by molar-refractivity contribution is 9.10. The van der Waals surface area contributed by atoms with Crippen molar-refractivity contribution < 1.29 is 19.4 Å². The summed E-state index contributed by atoms with van der Waals surface area (Å²) in [6.07, 6.45) is 3.82. The first-order valence-corrected chi connectivity index (χ1v) is 7.67. The summed E-state index contributed by atoms with van der Waals surface area (Å²) in [7, 11) is 0. The van der Waals surface area contributed by atoms with E-state index in [9.17, 15) is 9.90 Å². The van der Waals surface area contributed by atoms with Gasteiger partial charge in [0.1, 0.15) is 19.0 Å². The minimum Gasteiger partial charge on any atom is -0.490 e. The van der Waals surface area contributed by atoms with Gasteiger partial charge in [0.25, 0.3) is 0 Å².